The van der Waals surface area contributed by atoms with Gasteiger partial charge >= 0.3 is 0 Å². The predicted octanol–water partition coefficient (Wildman–Crippen LogP) is 3.51. The lowest BCUT2D eigenvalue weighted by Crippen LogP contribution is -2.35. The van der Waals surface area contributed by atoms with E-state index in [9.17, 15) is 0 Å². The minimum Gasteiger partial charge on any atom is -0.496 e. The molecule has 1 unspecified atom stereocenters. The third-order valence-corrected chi connectivity index (χ3v) is 4.28. The van der Waals surface area contributed by atoms with Crippen LogP contribution >= 0.6 is 0 Å². The molecule has 3 nitrogen and oxygen atoms in total. The van der Waals surface area contributed by atoms with Crippen molar-refractivity contribution in [3.63, 3.8) is 0 Å². The number of ether oxygens (including phenoxy) is 1. The lowest BCUT2D eigenvalue weighted by atomic mass is 9.99. The maximum absolute atomic E-state index is 6.34. The summed E-state index contributed by atoms with van der Waals surface area (Å²) in [6, 6.07) is 23.0. The fourth-order valence-corrected chi connectivity index (χ4v) is 3.07. The molecule has 24 heavy (non-hydrogen) atoms. The van der Waals surface area contributed by atoms with Crippen LogP contribution in [0.4, 0.5) is 0 Å². The molecule has 124 valence electrons. The number of fused-ring (bicyclic) bond motifs is 1. The highest BCUT2D eigenvalue weighted by molar-refractivity contribution is 5.85. The van der Waals surface area contributed by atoms with Gasteiger partial charge in [0.2, 0.25) is 0 Å². The second-order valence-electron chi connectivity index (χ2n) is 6.05. The van der Waals surface area contributed by atoms with Crippen LogP contribution in [0.2, 0.25) is 0 Å². The summed E-state index contributed by atoms with van der Waals surface area (Å²) >= 11 is 0. The standard InChI is InChI=1S/C21H24N2O/c1-24-21-12-5-3-8-18(21)14-23-15-19(22)13-17-10-6-9-16-7-2-4-11-20(16)17/h2-12,19,23H,13-15,22H2,1H3. The minimum atomic E-state index is 0.0745. The van der Waals surface area contributed by atoms with Gasteiger partial charge in [0.1, 0.15) is 5.75 Å². The Morgan fingerprint density at radius 3 is 2.50 bits per heavy atom. The van der Waals surface area contributed by atoms with Crippen LogP contribution < -0.4 is 15.8 Å². The number of nitrogens with one attached hydrogen (secondary N) is 1. The van der Waals surface area contributed by atoms with Crippen LogP contribution in [0, 0.1) is 0 Å². The molecule has 3 heteroatoms. The summed E-state index contributed by atoms with van der Waals surface area (Å²) in [7, 11) is 1.70. The maximum atomic E-state index is 6.34. The topological polar surface area (TPSA) is 47.3 Å². The molecule has 3 aromatic carbocycles. The molecule has 0 aliphatic rings. The Kier molecular flexibility index (Phi) is 5.47. The molecule has 0 aromatic heterocycles. The first-order valence-electron chi connectivity index (χ1n) is 8.33. The zero-order valence-corrected chi connectivity index (χ0v) is 14.0. The molecule has 0 saturated heterocycles. The SMILES string of the molecule is COc1ccccc1CNCC(N)Cc1cccc2ccccc12. The highest BCUT2D eigenvalue weighted by Gasteiger charge is 2.08. The molecule has 0 saturated carbocycles. The van der Waals surface area contributed by atoms with Crippen LogP contribution in [0.5, 0.6) is 5.75 Å². The summed E-state index contributed by atoms with van der Waals surface area (Å²) in [5, 5.41) is 6.00. The molecule has 3 N–H and O–H groups in total. The summed E-state index contributed by atoms with van der Waals surface area (Å²) in [5.41, 5.74) is 8.79. The molecular formula is C21H24N2O. The van der Waals surface area contributed by atoms with E-state index in [2.05, 4.69) is 53.8 Å². The van der Waals surface area contributed by atoms with Crippen molar-refractivity contribution >= 4 is 10.8 Å². The third-order valence-electron chi connectivity index (χ3n) is 4.28. The smallest absolute Gasteiger partial charge is 0.123 e. The summed E-state index contributed by atoms with van der Waals surface area (Å²) in [4.78, 5) is 0. The first-order chi connectivity index (χ1) is 11.8. The predicted molar refractivity (Wildman–Crippen MR) is 100 cm³/mol. The highest BCUT2D eigenvalue weighted by Crippen LogP contribution is 2.20. The molecule has 0 aliphatic carbocycles. The van der Waals surface area contributed by atoms with Gasteiger partial charge in [-0.3, -0.25) is 0 Å². The largest absolute Gasteiger partial charge is 0.496 e. The van der Waals surface area contributed by atoms with Crippen LogP contribution in [0.3, 0.4) is 0 Å². The first kappa shape index (κ1) is 16.5. The molecule has 3 rings (SSSR count). The Balaban J connectivity index is 1.58. The fraction of sp³-hybridized carbons (Fsp3) is 0.238. The third kappa shape index (κ3) is 3.94. The maximum Gasteiger partial charge on any atom is 0.123 e. The zero-order valence-electron chi connectivity index (χ0n) is 14.0. The first-order valence-corrected chi connectivity index (χ1v) is 8.33. The van der Waals surface area contributed by atoms with Crippen molar-refractivity contribution in [2.45, 2.75) is 19.0 Å². The van der Waals surface area contributed by atoms with Crippen LogP contribution in [0.1, 0.15) is 11.1 Å². The van der Waals surface area contributed by atoms with Gasteiger partial charge < -0.3 is 15.8 Å². The van der Waals surface area contributed by atoms with E-state index >= 15 is 0 Å². The summed E-state index contributed by atoms with van der Waals surface area (Å²) < 4.78 is 5.38. The summed E-state index contributed by atoms with van der Waals surface area (Å²) in [5.74, 6) is 0.910. The van der Waals surface area contributed by atoms with Crippen LogP contribution in [-0.4, -0.2) is 19.7 Å². The van der Waals surface area contributed by atoms with Gasteiger partial charge in [-0.1, -0.05) is 60.7 Å². The highest BCUT2D eigenvalue weighted by atomic mass is 16.5. The molecule has 0 radical (unpaired) electrons. The number of hydrogen-bond acceptors (Lipinski definition) is 3. The lowest BCUT2D eigenvalue weighted by Gasteiger charge is -2.15. The quantitative estimate of drug-likeness (QED) is 0.700. The summed E-state index contributed by atoms with van der Waals surface area (Å²) in [6.07, 6.45) is 0.861. The Labute approximate surface area is 143 Å². The minimum absolute atomic E-state index is 0.0745. The average Bonchev–Trinajstić information content (AvgIpc) is 2.62. The van der Waals surface area contributed by atoms with Gasteiger partial charge in [0.05, 0.1) is 7.11 Å². The van der Waals surface area contributed by atoms with Gasteiger partial charge in [-0.15, -0.1) is 0 Å². The van der Waals surface area contributed by atoms with Crippen molar-refractivity contribution in [1.82, 2.24) is 5.32 Å². The van der Waals surface area contributed by atoms with Crippen molar-refractivity contribution in [2.75, 3.05) is 13.7 Å². The number of methoxy groups -OCH3 is 1. The molecular weight excluding hydrogens is 296 g/mol. The van der Waals surface area contributed by atoms with Crippen molar-refractivity contribution in [2.24, 2.45) is 5.73 Å². The number of para-hydroxylation sites is 1. The van der Waals surface area contributed by atoms with Gasteiger partial charge in [0.15, 0.2) is 0 Å². The van der Waals surface area contributed by atoms with E-state index in [-0.39, 0.29) is 6.04 Å². The van der Waals surface area contributed by atoms with Crippen molar-refractivity contribution in [3.8, 4) is 5.75 Å². The molecule has 0 amide bonds. The average molecular weight is 320 g/mol. The molecule has 0 heterocycles. The number of benzene rings is 3. The van der Waals surface area contributed by atoms with Gasteiger partial charge in [-0.05, 0) is 28.8 Å². The van der Waals surface area contributed by atoms with Crippen LogP contribution in [0.25, 0.3) is 10.8 Å². The van der Waals surface area contributed by atoms with E-state index in [1.54, 1.807) is 7.11 Å². The zero-order chi connectivity index (χ0) is 16.8. The van der Waals surface area contributed by atoms with Crippen LogP contribution in [-0.2, 0) is 13.0 Å². The van der Waals surface area contributed by atoms with E-state index in [4.69, 9.17) is 10.5 Å². The lowest BCUT2D eigenvalue weighted by molar-refractivity contribution is 0.407. The molecule has 0 aliphatic heterocycles. The normalized spacial score (nSPS) is 12.2. The second kappa shape index (κ2) is 7.95. The van der Waals surface area contributed by atoms with E-state index < -0.39 is 0 Å². The molecule has 0 spiro atoms. The van der Waals surface area contributed by atoms with Gasteiger partial charge in [0, 0.05) is 24.7 Å². The number of nitrogens with two attached hydrogens (primary N) is 1. The molecule has 0 bridgehead atoms. The second-order valence-corrected chi connectivity index (χ2v) is 6.05. The van der Waals surface area contributed by atoms with Crippen molar-refractivity contribution in [3.05, 3.63) is 77.9 Å². The monoisotopic (exact) mass is 320 g/mol. The van der Waals surface area contributed by atoms with Crippen LogP contribution in [0.15, 0.2) is 66.7 Å². The fourth-order valence-electron chi connectivity index (χ4n) is 3.07. The Morgan fingerprint density at radius 2 is 1.62 bits per heavy atom. The van der Waals surface area contributed by atoms with Crippen molar-refractivity contribution in [1.29, 1.82) is 0 Å². The van der Waals surface area contributed by atoms with Gasteiger partial charge in [-0.25, -0.2) is 0 Å². The molecule has 3 aromatic rings. The molecule has 0 fully saturated rings. The Bertz CT molecular complexity index is 795. The Morgan fingerprint density at radius 1 is 0.917 bits per heavy atom. The molecule has 1 atom stereocenters. The van der Waals surface area contributed by atoms with E-state index in [1.165, 1.54) is 16.3 Å². The Hall–Kier alpha value is -2.36. The summed E-state index contributed by atoms with van der Waals surface area (Å²) in [6.45, 7) is 1.52. The van der Waals surface area contributed by atoms with E-state index in [1.807, 2.05) is 18.2 Å². The number of rotatable bonds is 7. The number of hydrogen-bond donors (Lipinski definition) is 2. The van der Waals surface area contributed by atoms with Crippen molar-refractivity contribution < 1.29 is 4.74 Å². The van der Waals surface area contributed by atoms with Gasteiger partial charge in [-0.2, -0.15) is 0 Å². The van der Waals surface area contributed by atoms with Gasteiger partial charge in [0.25, 0.3) is 0 Å². The van der Waals surface area contributed by atoms with E-state index in [0.29, 0.717) is 0 Å². The van der Waals surface area contributed by atoms with E-state index in [0.717, 1.165) is 30.8 Å².